The van der Waals surface area contributed by atoms with Crippen LogP contribution in [0.3, 0.4) is 0 Å². The summed E-state index contributed by atoms with van der Waals surface area (Å²) in [6, 6.07) is 0.345. The van der Waals surface area contributed by atoms with Crippen LogP contribution in [0.25, 0.3) is 0 Å². The smallest absolute Gasteiger partial charge is 0.186 e. The van der Waals surface area contributed by atoms with E-state index in [1.807, 2.05) is 0 Å². The Morgan fingerprint density at radius 1 is 1.14 bits per heavy atom. The van der Waals surface area contributed by atoms with Crippen molar-refractivity contribution in [2.75, 3.05) is 13.2 Å². The third-order valence-corrected chi connectivity index (χ3v) is 12.8. The number of piperidine rings is 1. The minimum atomic E-state index is -1.58. The number of allylic oxidation sites excluding steroid dienone is 2. The molecule has 0 aromatic heterocycles. The number of Topliss-reactive ketones (excluding diaryl/α,β-unsaturated/α-hetero) is 1. The predicted octanol–water partition coefficient (Wildman–Crippen LogP) is 2.21. The van der Waals surface area contributed by atoms with Gasteiger partial charge in [-0.1, -0.05) is 32.4 Å². The molecule has 2 saturated carbocycles. The molecule has 3 aliphatic heterocycles. The first-order valence-electron chi connectivity index (χ1n) is 16.3. The Morgan fingerprint density at radius 3 is 2.69 bits per heavy atom. The summed E-state index contributed by atoms with van der Waals surface area (Å²) in [6.07, 6.45) is 2.96. The molecule has 42 heavy (non-hydrogen) atoms. The lowest BCUT2D eigenvalue weighted by molar-refractivity contribution is -0.341. The number of fused-ring (bicyclic) bond motifs is 6. The van der Waals surface area contributed by atoms with Crippen LogP contribution in [0.2, 0.25) is 0 Å². The van der Waals surface area contributed by atoms with Gasteiger partial charge < -0.3 is 40.0 Å². The second kappa shape index (κ2) is 10.4. The third kappa shape index (κ3) is 4.14. The molecule has 5 N–H and O–H groups in total. The fraction of sp³-hybridized carbons (Fsp3) is 0.848. The van der Waals surface area contributed by atoms with Gasteiger partial charge in [0.1, 0.15) is 6.10 Å². The van der Waals surface area contributed by atoms with Crippen LogP contribution < -0.4 is 5.32 Å². The van der Waals surface area contributed by atoms with Crippen molar-refractivity contribution < 1.29 is 39.4 Å². The first-order chi connectivity index (χ1) is 20.0. The highest BCUT2D eigenvalue weighted by Gasteiger charge is 2.63. The van der Waals surface area contributed by atoms with E-state index in [1.165, 1.54) is 11.1 Å². The van der Waals surface area contributed by atoms with Crippen molar-refractivity contribution >= 4 is 5.78 Å². The van der Waals surface area contributed by atoms with Gasteiger partial charge in [-0.15, -0.1) is 0 Å². The molecule has 0 bridgehead atoms. The normalized spacial score (nSPS) is 53.9. The average Bonchev–Trinajstić information content (AvgIpc) is 3.41. The van der Waals surface area contributed by atoms with E-state index in [9.17, 15) is 25.2 Å². The van der Waals surface area contributed by atoms with Gasteiger partial charge in [-0.3, -0.25) is 4.79 Å². The van der Waals surface area contributed by atoms with Gasteiger partial charge in [-0.25, -0.2) is 0 Å². The van der Waals surface area contributed by atoms with Crippen LogP contribution in [0.1, 0.15) is 72.6 Å². The van der Waals surface area contributed by atoms with Crippen molar-refractivity contribution in [1.29, 1.82) is 0 Å². The molecule has 15 atom stereocenters. The van der Waals surface area contributed by atoms with Gasteiger partial charge in [0, 0.05) is 23.5 Å². The molecular weight excluding hydrogens is 538 g/mol. The van der Waals surface area contributed by atoms with Crippen LogP contribution in [0.4, 0.5) is 0 Å². The molecule has 5 fully saturated rings. The highest BCUT2D eigenvalue weighted by Crippen LogP contribution is 2.64. The Morgan fingerprint density at radius 2 is 1.93 bits per heavy atom. The molecular formula is C33H49NO8. The summed E-state index contributed by atoms with van der Waals surface area (Å²) in [7, 11) is 0. The van der Waals surface area contributed by atoms with Gasteiger partial charge in [-0.05, 0) is 87.2 Å². The number of nitrogens with one attached hydrogen (secondary N) is 1. The van der Waals surface area contributed by atoms with Crippen molar-refractivity contribution in [1.82, 2.24) is 5.32 Å². The molecule has 3 heterocycles. The summed E-state index contributed by atoms with van der Waals surface area (Å²) in [4.78, 5) is 14.5. The summed E-state index contributed by atoms with van der Waals surface area (Å²) < 4.78 is 18.7. The molecule has 1 spiro atoms. The SMILES string of the molecule is CC1=C2C(=O)[C@@H]3[C@@H](CC=C4C[C@H](O[C@H]5O[C@@H](O)[C@@H](O)[C@@H](O)[C@H]5CO)CC[C@@]43C)[C@H]2CC[C@@]12O[C@H]1C[C@@H](C)CN[C@@H]1[C@@H]2C. The number of aliphatic hydroxyl groups excluding tert-OH is 4. The Bertz CT molecular complexity index is 1170. The van der Waals surface area contributed by atoms with E-state index in [0.29, 0.717) is 42.4 Å². The Balaban J connectivity index is 1.11. The maximum absolute atomic E-state index is 14.5. The summed E-state index contributed by atoms with van der Waals surface area (Å²) in [5.74, 6) is 0.961. The second-order valence-corrected chi connectivity index (χ2v) is 14.9. The molecule has 234 valence electrons. The van der Waals surface area contributed by atoms with E-state index < -0.39 is 37.3 Å². The number of carbonyl (C=O) groups is 1. The molecule has 0 unspecified atom stereocenters. The summed E-state index contributed by atoms with van der Waals surface area (Å²) in [5.41, 5.74) is 2.90. The largest absolute Gasteiger partial charge is 0.396 e. The van der Waals surface area contributed by atoms with E-state index in [-0.39, 0.29) is 35.1 Å². The first-order valence-corrected chi connectivity index (χ1v) is 16.3. The zero-order chi connectivity index (χ0) is 29.7. The van der Waals surface area contributed by atoms with Crippen molar-refractivity contribution in [2.24, 2.45) is 40.9 Å². The zero-order valence-electron chi connectivity index (χ0n) is 25.4. The van der Waals surface area contributed by atoms with E-state index in [0.717, 1.165) is 44.2 Å². The van der Waals surface area contributed by atoms with Crippen LogP contribution in [-0.2, 0) is 19.0 Å². The van der Waals surface area contributed by atoms with Crippen molar-refractivity contribution in [3.05, 3.63) is 22.8 Å². The van der Waals surface area contributed by atoms with Crippen LogP contribution in [0.5, 0.6) is 0 Å². The molecule has 3 saturated heterocycles. The first kappa shape index (κ1) is 29.5. The topological polar surface area (TPSA) is 138 Å². The number of hydrogen-bond donors (Lipinski definition) is 5. The fourth-order valence-corrected chi connectivity index (χ4v) is 10.4. The molecule has 0 aromatic rings. The van der Waals surface area contributed by atoms with Gasteiger partial charge in [0.15, 0.2) is 18.4 Å². The average molecular weight is 588 g/mol. The Hall–Kier alpha value is -1.17. The Kier molecular flexibility index (Phi) is 7.34. The van der Waals surface area contributed by atoms with Crippen LogP contribution >= 0.6 is 0 Å². The van der Waals surface area contributed by atoms with E-state index >= 15 is 0 Å². The van der Waals surface area contributed by atoms with Crippen molar-refractivity contribution in [3.63, 3.8) is 0 Å². The fourth-order valence-electron chi connectivity index (χ4n) is 10.4. The zero-order valence-corrected chi connectivity index (χ0v) is 25.4. The minimum absolute atomic E-state index is 0.0457. The number of rotatable bonds is 3. The maximum atomic E-state index is 14.5. The third-order valence-electron chi connectivity index (χ3n) is 12.8. The van der Waals surface area contributed by atoms with Crippen molar-refractivity contribution in [3.8, 4) is 0 Å². The molecule has 7 rings (SSSR count). The lowest BCUT2D eigenvalue weighted by Gasteiger charge is -2.49. The Labute approximate surface area is 248 Å². The lowest BCUT2D eigenvalue weighted by Crippen LogP contribution is -2.57. The number of carbonyl (C=O) groups excluding carboxylic acids is 1. The molecule has 7 aliphatic rings. The van der Waals surface area contributed by atoms with Gasteiger partial charge >= 0.3 is 0 Å². The van der Waals surface area contributed by atoms with Gasteiger partial charge in [0.25, 0.3) is 0 Å². The molecule has 0 radical (unpaired) electrons. The van der Waals surface area contributed by atoms with E-state index in [1.54, 1.807) is 0 Å². The van der Waals surface area contributed by atoms with E-state index in [2.05, 4.69) is 39.1 Å². The number of hydrogen-bond acceptors (Lipinski definition) is 9. The highest BCUT2D eigenvalue weighted by atomic mass is 16.7. The molecule has 0 aromatic carbocycles. The predicted molar refractivity (Wildman–Crippen MR) is 153 cm³/mol. The molecule has 0 amide bonds. The van der Waals surface area contributed by atoms with Gasteiger partial charge in [-0.2, -0.15) is 0 Å². The van der Waals surface area contributed by atoms with Crippen LogP contribution in [0, 0.1) is 40.9 Å². The number of ether oxygens (including phenoxy) is 3. The van der Waals surface area contributed by atoms with Gasteiger partial charge in [0.2, 0.25) is 0 Å². The monoisotopic (exact) mass is 587 g/mol. The second-order valence-electron chi connectivity index (χ2n) is 14.9. The lowest BCUT2D eigenvalue weighted by atomic mass is 9.56. The maximum Gasteiger partial charge on any atom is 0.186 e. The van der Waals surface area contributed by atoms with Crippen molar-refractivity contribution in [2.45, 2.75) is 121 Å². The minimum Gasteiger partial charge on any atom is -0.396 e. The summed E-state index contributed by atoms with van der Waals surface area (Å²) >= 11 is 0. The molecule has 9 heteroatoms. The summed E-state index contributed by atoms with van der Waals surface area (Å²) in [5, 5.41) is 44.0. The number of aliphatic hydroxyl groups is 4. The number of ketones is 1. The standard InChI is InChI=1S/C33H49NO8/c1-15-11-23-26(34-13-15)17(3)33(42-23)10-8-20-21-6-5-18-12-19(40-31-22(14-35)27(36)29(38)30(39)41-31)7-9-32(18,4)25(21)28(37)24(20)16(33)2/h5,15,17,19-23,25-27,29-31,34-36,38-39H,6-14H2,1-4H3/t15-,17+,19-,20-,21+,22-,23+,25+,26-,27+,29+,30-,31+,32+,33-/m1/s1. The summed E-state index contributed by atoms with van der Waals surface area (Å²) in [6.45, 7) is 9.65. The molecule has 4 aliphatic carbocycles. The quantitative estimate of drug-likeness (QED) is 0.315. The van der Waals surface area contributed by atoms with E-state index in [4.69, 9.17) is 14.2 Å². The van der Waals surface area contributed by atoms with Gasteiger partial charge in [0.05, 0.1) is 36.4 Å². The van der Waals surface area contributed by atoms with Crippen LogP contribution in [-0.4, -0.2) is 88.0 Å². The highest BCUT2D eigenvalue weighted by molar-refractivity contribution is 6.02. The molecule has 9 nitrogen and oxygen atoms in total. The van der Waals surface area contributed by atoms with Crippen LogP contribution in [0.15, 0.2) is 22.8 Å².